The number of ketones is 1. The first-order valence-electron chi connectivity index (χ1n) is 8.29. The van der Waals surface area contributed by atoms with Gasteiger partial charge in [0.05, 0.1) is 0 Å². The van der Waals surface area contributed by atoms with Crippen molar-refractivity contribution in [2.45, 2.75) is 59.3 Å². The van der Waals surface area contributed by atoms with Gasteiger partial charge in [0, 0.05) is 23.4 Å². The summed E-state index contributed by atoms with van der Waals surface area (Å²) in [5.74, 6) is 1.15. The number of pyridine rings is 1. The summed E-state index contributed by atoms with van der Waals surface area (Å²) in [5.41, 5.74) is 2.63. The normalized spacial score (nSPS) is 44.0. The molecule has 5 rings (SSSR count). The molecule has 4 aliphatic rings. The van der Waals surface area contributed by atoms with Crippen LogP contribution in [0.3, 0.4) is 0 Å². The SMILES string of the molecule is Cc1ccncc1C(=O)C12CC3CC(C)(CC(C)(C3)C1)C2. The Labute approximate surface area is 127 Å². The Morgan fingerprint density at radius 2 is 1.81 bits per heavy atom. The molecule has 4 bridgehead atoms. The van der Waals surface area contributed by atoms with Crippen molar-refractivity contribution >= 4 is 5.78 Å². The molecule has 4 saturated carbocycles. The van der Waals surface area contributed by atoms with E-state index in [2.05, 4.69) is 18.8 Å². The molecule has 21 heavy (non-hydrogen) atoms. The van der Waals surface area contributed by atoms with Gasteiger partial charge >= 0.3 is 0 Å². The number of carbonyl (C=O) groups is 1. The van der Waals surface area contributed by atoms with Crippen molar-refractivity contribution in [3.05, 3.63) is 29.6 Å². The van der Waals surface area contributed by atoms with Gasteiger partial charge in [-0.05, 0) is 73.8 Å². The van der Waals surface area contributed by atoms with E-state index in [1.807, 2.05) is 13.0 Å². The van der Waals surface area contributed by atoms with Crippen LogP contribution in [0.15, 0.2) is 18.5 Å². The Kier molecular flexibility index (Phi) is 2.55. The van der Waals surface area contributed by atoms with E-state index in [0.29, 0.717) is 16.6 Å². The first kappa shape index (κ1) is 13.5. The number of aromatic nitrogens is 1. The molecule has 2 unspecified atom stereocenters. The Hall–Kier alpha value is -1.18. The zero-order valence-corrected chi connectivity index (χ0v) is 13.4. The summed E-state index contributed by atoms with van der Waals surface area (Å²) < 4.78 is 0. The second-order valence-electron chi connectivity index (χ2n) is 8.93. The zero-order chi connectivity index (χ0) is 14.9. The number of rotatable bonds is 2. The molecule has 0 radical (unpaired) electrons. The van der Waals surface area contributed by atoms with Crippen molar-refractivity contribution in [2.24, 2.45) is 22.2 Å². The highest BCUT2D eigenvalue weighted by Crippen LogP contribution is 2.70. The Morgan fingerprint density at radius 1 is 1.14 bits per heavy atom. The first-order valence-corrected chi connectivity index (χ1v) is 8.29. The van der Waals surface area contributed by atoms with E-state index in [-0.39, 0.29) is 5.41 Å². The minimum atomic E-state index is -0.100. The van der Waals surface area contributed by atoms with Gasteiger partial charge < -0.3 is 0 Å². The van der Waals surface area contributed by atoms with Crippen LogP contribution in [0.2, 0.25) is 0 Å². The molecule has 1 heterocycles. The van der Waals surface area contributed by atoms with E-state index in [4.69, 9.17) is 0 Å². The zero-order valence-electron chi connectivity index (χ0n) is 13.4. The van der Waals surface area contributed by atoms with Crippen molar-refractivity contribution in [3.63, 3.8) is 0 Å². The molecule has 4 fully saturated rings. The highest BCUT2D eigenvalue weighted by Gasteiger charge is 2.62. The van der Waals surface area contributed by atoms with Gasteiger partial charge in [-0.15, -0.1) is 0 Å². The van der Waals surface area contributed by atoms with Crippen molar-refractivity contribution in [2.75, 3.05) is 0 Å². The second kappa shape index (κ2) is 3.97. The summed E-state index contributed by atoms with van der Waals surface area (Å²) in [6, 6.07) is 1.97. The van der Waals surface area contributed by atoms with Gasteiger partial charge in [0.2, 0.25) is 0 Å². The molecule has 0 amide bonds. The third kappa shape index (κ3) is 1.91. The quantitative estimate of drug-likeness (QED) is 0.744. The lowest BCUT2D eigenvalue weighted by Gasteiger charge is -2.64. The van der Waals surface area contributed by atoms with Gasteiger partial charge in [0.1, 0.15) is 0 Å². The van der Waals surface area contributed by atoms with Crippen molar-refractivity contribution in [1.29, 1.82) is 0 Å². The summed E-state index contributed by atoms with van der Waals surface area (Å²) in [6.07, 6.45) is 10.9. The molecule has 0 aromatic carbocycles. The second-order valence-corrected chi connectivity index (χ2v) is 8.93. The molecule has 2 heteroatoms. The van der Waals surface area contributed by atoms with Crippen molar-refractivity contribution in [1.82, 2.24) is 4.98 Å². The average Bonchev–Trinajstić information content (AvgIpc) is 2.34. The number of carbonyl (C=O) groups excluding carboxylic acids is 1. The van der Waals surface area contributed by atoms with Crippen LogP contribution in [-0.4, -0.2) is 10.8 Å². The first-order chi connectivity index (χ1) is 9.83. The van der Waals surface area contributed by atoms with Crippen LogP contribution in [0.5, 0.6) is 0 Å². The van der Waals surface area contributed by atoms with Crippen molar-refractivity contribution in [3.8, 4) is 0 Å². The Bertz CT molecular complexity index is 602. The molecule has 0 spiro atoms. The van der Waals surface area contributed by atoms with Crippen LogP contribution in [0.4, 0.5) is 0 Å². The molecule has 1 aromatic heterocycles. The minimum Gasteiger partial charge on any atom is -0.293 e. The lowest BCUT2D eigenvalue weighted by Crippen LogP contribution is -2.57. The van der Waals surface area contributed by atoms with E-state index in [9.17, 15) is 4.79 Å². The molecule has 112 valence electrons. The van der Waals surface area contributed by atoms with Crippen LogP contribution >= 0.6 is 0 Å². The molecule has 0 N–H and O–H groups in total. The molecular weight excluding hydrogens is 258 g/mol. The highest BCUT2D eigenvalue weighted by atomic mass is 16.1. The van der Waals surface area contributed by atoms with E-state index >= 15 is 0 Å². The monoisotopic (exact) mass is 283 g/mol. The largest absolute Gasteiger partial charge is 0.293 e. The molecule has 4 aliphatic carbocycles. The van der Waals surface area contributed by atoms with Gasteiger partial charge in [0.25, 0.3) is 0 Å². The summed E-state index contributed by atoms with van der Waals surface area (Å²) in [4.78, 5) is 17.6. The number of hydrogen-bond acceptors (Lipinski definition) is 2. The van der Waals surface area contributed by atoms with E-state index < -0.39 is 0 Å². The van der Waals surface area contributed by atoms with Gasteiger partial charge in [-0.2, -0.15) is 0 Å². The van der Waals surface area contributed by atoms with Crippen LogP contribution < -0.4 is 0 Å². The highest BCUT2D eigenvalue weighted by molar-refractivity contribution is 6.01. The Balaban J connectivity index is 1.78. The maximum absolute atomic E-state index is 13.4. The third-order valence-electron chi connectivity index (χ3n) is 6.39. The lowest BCUT2D eigenvalue weighted by molar-refractivity contribution is -0.125. The number of aryl methyl sites for hydroxylation is 1. The van der Waals surface area contributed by atoms with Crippen molar-refractivity contribution < 1.29 is 4.79 Å². The minimum absolute atomic E-state index is 0.100. The summed E-state index contributed by atoms with van der Waals surface area (Å²) in [6.45, 7) is 6.89. The fraction of sp³-hybridized carbons (Fsp3) is 0.684. The summed E-state index contributed by atoms with van der Waals surface area (Å²) in [5, 5.41) is 0. The van der Waals surface area contributed by atoms with Crippen LogP contribution in [-0.2, 0) is 0 Å². The van der Waals surface area contributed by atoms with Gasteiger partial charge in [-0.1, -0.05) is 13.8 Å². The third-order valence-corrected chi connectivity index (χ3v) is 6.39. The smallest absolute Gasteiger partial charge is 0.170 e. The maximum Gasteiger partial charge on any atom is 0.170 e. The predicted octanol–water partition coefficient (Wildman–Crippen LogP) is 4.57. The molecule has 0 saturated heterocycles. The average molecular weight is 283 g/mol. The topological polar surface area (TPSA) is 30.0 Å². The summed E-state index contributed by atoms with van der Waals surface area (Å²) >= 11 is 0. The van der Waals surface area contributed by atoms with Gasteiger partial charge in [-0.25, -0.2) is 0 Å². The molecule has 1 aromatic rings. The fourth-order valence-corrected chi connectivity index (χ4v) is 6.69. The fourth-order valence-electron chi connectivity index (χ4n) is 6.69. The standard InChI is InChI=1S/C19H25NO/c1-13-4-5-20-9-15(13)16(21)19-8-14-6-17(2,11-19)10-18(3,7-14)12-19/h4-5,9,14H,6-8,10-12H2,1-3H3. The van der Waals surface area contributed by atoms with Gasteiger partial charge in [0.15, 0.2) is 5.78 Å². The lowest BCUT2D eigenvalue weighted by atomic mass is 9.39. The molecule has 2 nitrogen and oxygen atoms in total. The van der Waals surface area contributed by atoms with E-state index in [0.717, 1.165) is 36.3 Å². The van der Waals surface area contributed by atoms with Crippen LogP contribution in [0.1, 0.15) is 68.3 Å². The number of nitrogens with zero attached hydrogens (tertiary/aromatic N) is 1. The number of Topliss-reactive ketones (excluding diaryl/α,β-unsaturated/α-hetero) is 1. The van der Waals surface area contributed by atoms with Crippen LogP contribution in [0.25, 0.3) is 0 Å². The number of hydrogen-bond donors (Lipinski definition) is 0. The molecule has 2 atom stereocenters. The predicted molar refractivity (Wildman–Crippen MR) is 83.1 cm³/mol. The Morgan fingerprint density at radius 3 is 2.38 bits per heavy atom. The van der Waals surface area contributed by atoms with E-state index in [1.165, 1.54) is 19.3 Å². The van der Waals surface area contributed by atoms with Gasteiger partial charge in [-0.3, -0.25) is 9.78 Å². The summed E-state index contributed by atoms with van der Waals surface area (Å²) in [7, 11) is 0. The van der Waals surface area contributed by atoms with Crippen LogP contribution in [0, 0.1) is 29.1 Å². The maximum atomic E-state index is 13.4. The van der Waals surface area contributed by atoms with E-state index in [1.54, 1.807) is 12.4 Å². The molecular formula is C19H25NO. The molecule has 0 aliphatic heterocycles.